The molecule has 5 aromatic carbocycles. The Labute approximate surface area is 173 Å². The van der Waals surface area contributed by atoms with E-state index in [9.17, 15) is 9.59 Å². The highest BCUT2D eigenvalue weighted by molar-refractivity contribution is 6.26. The van der Waals surface area contributed by atoms with Crippen molar-refractivity contribution in [2.75, 3.05) is 14.2 Å². The number of hydrogen-bond acceptors (Lipinski definition) is 4. The van der Waals surface area contributed by atoms with E-state index in [0.29, 0.717) is 5.56 Å². The summed E-state index contributed by atoms with van der Waals surface area (Å²) in [7, 11) is 2.61. The number of ether oxygens (including phenoxy) is 2. The first-order chi connectivity index (χ1) is 14.6. The van der Waals surface area contributed by atoms with Crippen molar-refractivity contribution in [1.29, 1.82) is 0 Å². The molecule has 0 aliphatic heterocycles. The minimum absolute atomic E-state index is 0.188. The summed E-state index contributed by atoms with van der Waals surface area (Å²) < 4.78 is 9.91. The lowest BCUT2D eigenvalue weighted by Crippen LogP contribution is -2.13. The van der Waals surface area contributed by atoms with Gasteiger partial charge >= 0.3 is 11.9 Å². The minimum Gasteiger partial charge on any atom is -0.465 e. The number of methoxy groups -OCH3 is 2. The fourth-order valence-electron chi connectivity index (χ4n) is 4.35. The molecule has 0 aromatic heterocycles. The fourth-order valence-corrected chi connectivity index (χ4v) is 4.35. The van der Waals surface area contributed by atoms with Crippen molar-refractivity contribution in [2.45, 2.75) is 0 Å². The summed E-state index contributed by atoms with van der Waals surface area (Å²) in [5, 5.41) is 6.81. The Kier molecular flexibility index (Phi) is 4.14. The van der Waals surface area contributed by atoms with Crippen molar-refractivity contribution in [3.8, 4) is 11.1 Å². The van der Waals surface area contributed by atoms with Crippen molar-refractivity contribution in [3.05, 3.63) is 83.9 Å². The van der Waals surface area contributed by atoms with Crippen LogP contribution in [0.3, 0.4) is 0 Å². The van der Waals surface area contributed by atoms with Crippen LogP contribution >= 0.6 is 0 Å². The molecule has 0 amide bonds. The van der Waals surface area contributed by atoms with Crippen LogP contribution in [0.4, 0.5) is 0 Å². The van der Waals surface area contributed by atoms with Gasteiger partial charge in [0.1, 0.15) is 0 Å². The van der Waals surface area contributed by atoms with Crippen molar-refractivity contribution in [2.24, 2.45) is 0 Å². The third-order valence-electron chi connectivity index (χ3n) is 5.68. The topological polar surface area (TPSA) is 52.6 Å². The standard InChI is InChI=1S/C26H18O4/c1-29-25(27)21-8-4-7-19(24(21)26(28)30-2)18-13-11-17-10-9-15-5-3-6-16-12-14-20(18)23(17)22(15)16/h3-14H,1-2H3. The van der Waals surface area contributed by atoms with Gasteiger partial charge in [0.2, 0.25) is 0 Å². The molecular weight excluding hydrogens is 376 g/mol. The predicted molar refractivity (Wildman–Crippen MR) is 118 cm³/mol. The molecule has 146 valence electrons. The van der Waals surface area contributed by atoms with Gasteiger partial charge in [0.05, 0.1) is 25.3 Å². The van der Waals surface area contributed by atoms with E-state index in [2.05, 4.69) is 48.5 Å². The average Bonchev–Trinajstić information content (AvgIpc) is 2.81. The Morgan fingerprint density at radius 1 is 0.600 bits per heavy atom. The molecule has 0 unspecified atom stereocenters. The van der Waals surface area contributed by atoms with Gasteiger partial charge in [0.25, 0.3) is 0 Å². The molecule has 0 saturated carbocycles. The van der Waals surface area contributed by atoms with Crippen LogP contribution in [0.25, 0.3) is 43.4 Å². The Morgan fingerprint density at radius 3 is 1.90 bits per heavy atom. The van der Waals surface area contributed by atoms with Crippen LogP contribution in [0.15, 0.2) is 72.8 Å². The molecule has 0 aliphatic carbocycles. The quantitative estimate of drug-likeness (QED) is 0.286. The zero-order valence-corrected chi connectivity index (χ0v) is 16.6. The van der Waals surface area contributed by atoms with E-state index in [1.807, 2.05) is 12.1 Å². The summed E-state index contributed by atoms with van der Waals surface area (Å²) in [5.41, 5.74) is 1.91. The summed E-state index contributed by atoms with van der Waals surface area (Å²) in [5.74, 6) is -1.15. The summed E-state index contributed by atoms with van der Waals surface area (Å²) in [6.45, 7) is 0. The largest absolute Gasteiger partial charge is 0.465 e. The van der Waals surface area contributed by atoms with Crippen LogP contribution in [0, 0.1) is 0 Å². The number of carbonyl (C=O) groups is 2. The molecule has 0 fully saturated rings. The first-order valence-corrected chi connectivity index (χ1v) is 9.60. The van der Waals surface area contributed by atoms with Gasteiger partial charge in [-0.25, -0.2) is 9.59 Å². The van der Waals surface area contributed by atoms with E-state index in [0.717, 1.165) is 21.7 Å². The Bertz CT molecular complexity index is 1430. The Hall–Kier alpha value is -3.92. The van der Waals surface area contributed by atoms with Crippen molar-refractivity contribution in [3.63, 3.8) is 0 Å². The zero-order valence-electron chi connectivity index (χ0n) is 16.6. The number of carbonyl (C=O) groups excluding carboxylic acids is 2. The SMILES string of the molecule is COC(=O)c1cccc(-c2ccc3ccc4cccc5ccc2c3c45)c1C(=O)OC. The number of hydrogen-bond donors (Lipinski definition) is 0. The van der Waals surface area contributed by atoms with Crippen molar-refractivity contribution in [1.82, 2.24) is 0 Å². The van der Waals surface area contributed by atoms with E-state index >= 15 is 0 Å². The molecule has 0 atom stereocenters. The molecule has 4 heteroatoms. The van der Waals surface area contributed by atoms with Crippen LogP contribution < -0.4 is 0 Å². The van der Waals surface area contributed by atoms with Gasteiger partial charge in [-0.1, -0.05) is 66.7 Å². The molecule has 5 rings (SSSR count). The highest BCUT2D eigenvalue weighted by atomic mass is 16.5. The van der Waals surface area contributed by atoms with Crippen molar-refractivity contribution >= 4 is 44.3 Å². The van der Waals surface area contributed by atoms with E-state index in [1.165, 1.54) is 30.4 Å². The van der Waals surface area contributed by atoms with Crippen LogP contribution in [-0.2, 0) is 9.47 Å². The van der Waals surface area contributed by atoms with Crippen LogP contribution in [0.2, 0.25) is 0 Å². The van der Waals surface area contributed by atoms with Gasteiger partial charge in [-0.15, -0.1) is 0 Å². The van der Waals surface area contributed by atoms with Crippen LogP contribution in [0.1, 0.15) is 20.7 Å². The molecule has 0 heterocycles. The smallest absolute Gasteiger partial charge is 0.339 e. The lowest BCUT2D eigenvalue weighted by Gasteiger charge is -2.17. The summed E-state index contributed by atoms with van der Waals surface area (Å²) in [6.07, 6.45) is 0. The number of rotatable bonds is 3. The highest BCUT2D eigenvalue weighted by Crippen LogP contribution is 2.40. The van der Waals surface area contributed by atoms with E-state index in [4.69, 9.17) is 9.47 Å². The predicted octanol–water partition coefficient (Wildman–Crippen LogP) is 5.82. The molecule has 4 nitrogen and oxygen atoms in total. The maximum atomic E-state index is 12.7. The zero-order chi connectivity index (χ0) is 20.8. The van der Waals surface area contributed by atoms with Crippen molar-refractivity contribution < 1.29 is 19.1 Å². The highest BCUT2D eigenvalue weighted by Gasteiger charge is 2.24. The summed E-state index contributed by atoms with van der Waals surface area (Å²) in [4.78, 5) is 25.0. The molecule has 0 N–H and O–H groups in total. The van der Waals surface area contributed by atoms with Crippen LogP contribution in [0.5, 0.6) is 0 Å². The molecule has 0 spiro atoms. The van der Waals surface area contributed by atoms with E-state index in [1.54, 1.807) is 12.1 Å². The normalized spacial score (nSPS) is 11.3. The minimum atomic E-state index is -0.574. The fraction of sp³-hybridized carbons (Fsp3) is 0.0769. The van der Waals surface area contributed by atoms with Gasteiger partial charge in [-0.2, -0.15) is 0 Å². The van der Waals surface area contributed by atoms with Gasteiger partial charge in [0.15, 0.2) is 0 Å². The van der Waals surface area contributed by atoms with Gasteiger partial charge in [-0.05, 0) is 49.5 Å². The molecule has 0 radical (unpaired) electrons. The third-order valence-corrected chi connectivity index (χ3v) is 5.68. The monoisotopic (exact) mass is 394 g/mol. The lowest BCUT2D eigenvalue weighted by molar-refractivity contribution is 0.0556. The lowest BCUT2D eigenvalue weighted by atomic mass is 9.87. The summed E-state index contributed by atoms with van der Waals surface area (Å²) >= 11 is 0. The maximum absolute atomic E-state index is 12.7. The second kappa shape index (κ2) is 6.85. The maximum Gasteiger partial charge on any atom is 0.339 e. The second-order valence-corrected chi connectivity index (χ2v) is 7.18. The number of esters is 2. The number of benzene rings is 5. The summed E-state index contributed by atoms with van der Waals surface area (Å²) in [6, 6.07) is 23.9. The molecule has 0 bridgehead atoms. The molecule has 0 aliphatic rings. The second-order valence-electron chi connectivity index (χ2n) is 7.18. The molecular formula is C26H18O4. The van der Waals surface area contributed by atoms with Gasteiger partial charge in [0, 0.05) is 0 Å². The average molecular weight is 394 g/mol. The van der Waals surface area contributed by atoms with Gasteiger partial charge in [-0.3, -0.25) is 0 Å². The van der Waals surface area contributed by atoms with Crippen LogP contribution in [-0.4, -0.2) is 26.2 Å². The first-order valence-electron chi connectivity index (χ1n) is 9.60. The Morgan fingerprint density at radius 2 is 1.20 bits per heavy atom. The van der Waals surface area contributed by atoms with Gasteiger partial charge < -0.3 is 9.47 Å². The molecule has 0 saturated heterocycles. The Balaban J connectivity index is 1.91. The first kappa shape index (κ1) is 18.1. The van der Waals surface area contributed by atoms with E-state index in [-0.39, 0.29) is 11.1 Å². The molecule has 5 aromatic rings. The van der Waals surface area contributed by atoms with E-state index < -0.39 is 11.9 Å². The molecule has 30 heavy (non-hydrogen) atoms. The third kappa shape index (κ3) is 2.54.